The molecule has 0 bridgehead atoms. The molecule has 0 fully saturated rings. The molecule has 0 spiro atoms. The first-order valence-electron chi connectivity index (χ1n) is 8.80. The van der Waals surface area contributed by atoms with Crippen LogP contribution in [0.25, 0.3) is 11.0 Å². The van der Waals surface area contributed by atoms with E-state index in [1.54, 1.807) is 31.4 Å². The first-order chi connectivity index (χ1) is 12.9. The molecule has 0 unspecified atom stereocenters. The van der Waals surface area contributed by atoms with Crippen molar-refractivity contribution in [2.75, 3.05) is 10.6 Å². The Hall–Kier alpha value is -3.28. The molecule has 1 atom stereocenters. The van der Waals surface area contributed by atoms with Crippen molar-refractivity contribution in [3.63, 3.8) is 0 Å². The Morgan fingerprint density at radius 1 is 1.22 bits per heavy atom. The van der Waals surface area contributed by atoms with Crippen molar-refractivity contribution in [1.29, 1.82) is 0 Å². The predicted octanol–water partition coefficient (Wildman–Crippen LogP) is 3.95. The first-order valence-corrected chi connectivity index (χ1v) is 8.80. The van der Waals surface area contributed by atoms with E-state index in [0.717, 1.165) is 27.7 Å². The lowest BCUT2D eigenvalue weighted by Gasteiger charge is -2.23. The van der Waals surface area contributed by atoms with Crippen molar-refractivity contribution in [2.24, 2.45) is 0 Å². The first kappa shape index (κ1) is 17.1. The third-order valence-corrected chi connectivity index (χ3v) is 4.89. The Labute approximate surface area is 156 Å². The summed E-state index contributed by atoms with van der Waals surface area (Å²) < 4.78 is 11.2. The van der Waals surface area contributed by atoms with Crippen LogP contribution < -0.4 is 15.4 Å². The van der Waals surface area contributed by atoms with Crippen molar-refractivity contribution in [1.82, 2.24) is 0 Å². The molecule has 1 aromatic heterocycles. The van der Waals surface area contributed by atoms with Gasteiger partial charge in [0, 0.05) is 16.6 Å². The highest BCUT2D eigenvalue weighted by Gasteiger charge is 2.23. The number of furan rings is 1. The van der Waals surface area contributed by atoms with E-state index in [-0.39, 0.29) is 18.2 Å². The molecule has 27 heavy (non-hydrogen) atoms. The number of nitrogens with one attached hydrogen (secondary N) is 2. The molecule has 1 aliphatic rings. The number of fused-ring (bicyclic) bond motifs is 2. The van der Waals surface area contributed by atoms with Crippen molar-refractivity contribution in [3.8, 4) is 5.75 Å². The second-order valence-electron chi connectivity index (χ2n) is 6.83. The Morgan fingerprint density at radius 2 is 2.04 bits per heavy atom. The molecular formula is C21H20N2O4. The molecular weight excluding hydrogens is 344 g/mol. The number of carbonyl (C=O) groups is 2. The number of amides is 2. The van der Waals surface area contributed by atoms with E-state index in [0.29, 0.717) is 17.1 Å². The van der Waals surface area contributed by atoms with Crippen molar-refractivity contribution < 1.29 is 18.7 Å². The molecule has 2 aromatic carbocycles. The summed E-state index contributed by atoms with van der Waals surface area (Å²) in [7, 11) is 0. The van der Waals surface area contributed by atoms with Gasteiger partial charge < -0.3 is 19.8 Å². The van der Waals surface area contributed by atoms with Gasteiger partial charge in [0.25, 0.3) is 5.91 Å². The van der Waals surface area contributed by atoms with Crippen LogP contribution in [0, 0.1) is 13.8 Å². The van der Waals surface area contributed by atoms with Crippen LogP contribution >= 0.6 is 0 Å². The highest BCUT2D eigenvalue weighted by atomic mass is 16.5. The molecule has 2 heterocycles. The molecule has 2 amide bonds. The summed E-state index contributed by atoms with van der Waals surface area (Å²) in [5, 5.41) is 6.59. The third-order valence-electron chi connectivity index (χ3n) is 4.89. The predicted molar refractivity (Wildman–Crippen MR) is 103 cm³/mol. The van der Waals surface area contributed by atoms with Crippen LogP contribution in [0.4, 0.5) is 11.4 Å². The molecule has 4 rings (SSSR count). The van der Waals surface area contributed by atoms with E-state index in [9.17, 15) is 9.59 Å². The van der Waals surface area contributed by atoms with Crippen LogP contribution in [0.2, 0.25) is 0 Å². The van der Waals surface area contributed by atoms with Gasteiger partial charge in [0.2, 0.25) is 5.91 Å². The standard InChI is InChI=1S/C21H20N2O4/c1-11-4-6-16-14(10-26-20(16)12(11)2)8-19(24)22-15-5-7-18-17(9-15)23-21(25)13(3)27-18/h4-7,9-10,13H,8H2,1-3H3,(H,22,24)(H,23,25)/t13-/m0/s1. The van der Waals surface area contributed by atoms with E-state index in [1.165, 1.54) is 0 Å². The summed E-state index contributed by atoms with van der Waals surface area (Å²) in [6.45, 7) is 5.73. The van der Waals surface area contributed by atoms with Gasteiger partial charge in [-0.25, -0.2) is 0 Å². The van der Waals surface area contributed by atoms with Crippen LogP contribution in [0.15, 0.2) is 41.0 Å². The molecule has 0 saturated heterocycles. The average molecular weight is 364 g/mol. The SMILES string of the molecule is Cc1ccc2c(CC(=O)Nc3ccc4c(c3)NC(=O)[C@H](C)O4)coc2c1C. The number of ether oxygens (including phenoxy) is 1. The van der Waals surface area contributed by atoms with Crippen LogP contribution in [0.5, 0.6) is 5.75 Å². The van der Waals surface area contributed by atoms with Crippen LogP contribution in [0.1, 0.15) is 23.6 Å². The second-order valence-corrected chi connectivity index (χ2v) is 6.83. The molecule has 6 heteroatoms. The Balaban J connectivity index is 1.51. The van der Waals surface area contributed by atoms with E-state index in [2.05, 4.69) is 10.6 Å². The highest BCUT2D eigenvalue weighted by molar-refractivity contribution is 6.00. The van der Waals surface area contributed by atoms with E-state index in [4.69, 9.17) is 9.15 Å². The fourth-order valence-electron chi connectivity index (χ4n) is 3.19. The van der Waals surface area contributed by atoms with Gasteiger partial charge in [-0.15, -0.1) is 0 Å². The van der Waals surface area contributed by atoms with Crippen molar-refractivity contribution >= 4 is 34.2 Å². The molecule has 0 saturated carbocycles. The van der Waals surface area contributed by atoms with Gasteiger partial charge >= 0.3 is 0 Å². The van der Waals surface area contributed by atoms with E-state index in [1.807, 2.05) is 26.0 Å². The van der Waals surface area contributed by atoms with E-state index < -0.39 is 6.10 Å². The molecule has 138 valence electrons. The minimum Gasteiger partial charge on any atom is -0.479 e. The Morgan fingerprint density at radius 3 is 2.85 bits per heavy atom. The smallest absolute Gasteiger partial charge is 0.265 e. The molecule has 0 aliphatic carbocycles. The normalized spacial score (nSPS) is 15.8. The van der Waals surface area contributed by atoms with Gasteiger partial charge in [0.1, 0.15) is 11.3 Å². The van der Waals surface area contributed by atoms with Gasteiger partial charge in [0.05, 0.1) is 18.4 Å². The van der Waals surface area contributed by atoms with Gasteiger partial charge in [-0.05, 0) is 50.1 Å². The molecule has 6 nitrogen and oxygen atoms in total. The monoisotopic (exact) mass is 364 g/mol. The minimum absolute atomic E-state index is 0.160. The van der Waals surface area contributed by atoms with Gasteiger partial charge in [-0.2, -0.15) is 0 Å². The summed E-state index contributed by atoms with van der Waals surface area (Å²) in [5.74, 6) is 0.223. The zero-order chi connectivity index (χ0) is 19.1. The zero-order valence-electron chi connectivity index (χ0n) is 15.4. The van der Waals surface area contributed by atoms with E-state index >= 15 is 0 Å². The second kappa shape index (κ2) is 6.46. The van der Waals surface area contributed by atoms with Crippen LogP contribution in [-0.4, -0.2) is 17.9 Å². The summed E-state index contributed by atoms with van der Waals surface area (Å²) in [6.07, 6.45) is 1.31. The number of carbonyl (C=O) groups excluding carboxylic acids is 2. The number of hydrogen-bond acceptors (Lipinski definition) is 4. The largest absolute Gasteiger partial charge is 0.479 e. The molecule has 0 radical (unpaired) electrons. The molecule has 2 N–H and O–H groups in total. The topological polar surface area (TPSA) is 80.6 Å². The Bertz CT molecular complexity index is 1070. The maximum absolute atomic E-state index is 12.5. The maximum Gasteiger partial charge on any atom is 0.265 e. The minimum atomic E-state index is -0.528. The quantitative estimate of drug-likeness (QED) is 0.737. The van der Waals surface area contributed by atoms with Crippen molar-refractivity contribution in [2.45, 2.75) is 33.3 Å². The Kier molecular flexibility index (Phi) is 4.11. The highest BCUT2D eigenvalue weighted by Crippen LogP contribution is 2.32. The van der Waals surface area contributed by atoms with Crippen LogP contribution in [-0.2, 0) is 16.0 Å². The lowest BCUT2D eigenvalue weighted by Crippen LogP contribution is -2.34. The lowest BCUT2D eigenvalue weighted by molar-refractivity contribution is -0.122. The molecule has 3 aromatic rings. The van der Waals surface area contributed by atoms with Gasteiger partial charge in [-0.3, -0.25) is 9.59 Å². The van der Waals surface area contributed by atoms with Gasteiger partial charge in [0.15, 0.2) is 6.10 Å². The average Bonchev–Trinajstić information content (AvgIpc) is 3.03. The number of anilines is 2. The maximum atomic E-state index is 12.5. The fraction of sp³-hybridized carbons (Fsp3) is 0.238. The summed E-state index contributed by atoms with van der Waals surface area (Å²) in [6, 6.07) is 9.19. The summed E-state index contributed by atoms with van der Waals surface area (Å²) in [4.78, 5) is 24.2. The number of rotatable bonds is 3. The van der Waals surface area contributed by atoms with Crippen LogP contribution in [0.3, 0.4) is 0 Å². The lowest BCUT2D eigenvalue weighted by atomic mass is 10.0. The summed E-state index contributed by atoms with van der Waals surface area (Å²) >= 11 is 0. The third kappa shape index (κ3) is 3.14. The summed E-state index contributed by atoms with van der Waals surface area (Å²) in [5.41, 5.74) is 5.04. The molecule has 1 aliphatic heterocycles. The zero-order valence-corrected chi connectivity index (χ0v) is 15.4. The number of benzene rings is 2. The van der Waals surface area contributed by atoms with Gasteiger partial charge in [-0.1, -0.05) is 12.1 Å². The number of aryl methyl sites for hydroxylation is 2. The fourth-order valence-corrected chi connectivity index (χ4v) is 3.19. The van der Waals surface area contributed by atoms with Crippen molar-refractivity contribution in [3.05, 3.63) is 53.3 Å². The number of hydrogen-bond donors (Lipinski definition) is 2.